The fraction of sp³-hybridized carbons (Fsp3) is 1.00. The van der Waals surface area contributed by atoms with E-state index in [1.165, 1.54) is 57.8 Å². The Kier molecular flexibility index (Phi) is 18.4. The summed E-state index contributed by atoms with van der Waals surface area (Å²) in [6.07, 6.45) is 13.2. The average molecular weight is 363 g/mol. The van der Waals surface area contributed by atoms with Gasteiger partial charge in [-0.1, -0.05) is 64.7 Å². The van der Waals surface area contributed by atoms with Crippen LogP contribution in [0.15, 0.2) is 0 Å². The second-order valence-electron chi connectivity index (χ2n) is 7.20. The van der Waals surface area contributed by atoms with Crippen LogP contribution >= 0.6 is 0 Å². The fourth-order valence-corrected chi connectivity index (χ4v) is 3.36. The van der Waals surface area contributed by atoms with Crippen molar-refractivity contribution in [3.05, 3.63) is 0 Å². The van der Waals surface area contributed by atoms with Crippen LogP contribution < -0.4 is 0 Å². The van der Waals surface area contributed by atoms with E-state index in [1.54, 1.807) is 0 Å². The summed E-state index contributed by atoms with van der Waals surface area (Å²) >= 11 is 0. The van der Waals surface area contributed by atoms with Gasteiger partial charge in [0.05, 0.1) is 26.4 Å². The molecular weight excluding hydrogens is 318 g/mol. The number of hydrogen-bond donors (Lipinski definition) is 3. The monoisotopic (exact) mass is 362 g/mol. The molecule has 0 aliphatic heterocycles. The minimum Gasteiger partial charge on any atom is -0.391 e. The van der Waals surface area contributed by atoms with Crippen molar-refractivity contribution < 1.29 is 24.5 Å². The van der Waals surface area contributed by atoms with Crippen LogP contribution in [0.2, 0.25) is 0 Å². The molecule has 0 radical (unpaired) electrons. The van der Waals surface area contributed by atoms with E-state index < -0.39 is 0 Å². The van der Waals surface area contributed by atoms with Gasteiger partial charge in [-0.2, -0.15) is 0 Å². The van der Waals surface area contributed by atoms with Crippen molar-refractivity contribution in [3.8, 4) is 0 Å². The van der Waals surface area contributed by atoms with E-state index in [-0.39, 0.29) is 19.8 Å². The topological polar surface area (TPSA) is 69.9 Å². The molecule has 0 aromatic rings. The number of unbranched alkanes of at least 4 members (excludes halogenated alkanes) is 9. The lowest BCUT2D eigenvalue weighted by molar-refractivity contribution is -0.929. The third-order valence-corrected chi connectivity index (χ3v) is 5.08. The van der Waals surface area contributed by atoms with Crippen molar-refractivity contribution in [1.29, 1.82) is 0 Å². The number of ether oxygens (including phenoxy) is 1. The van der Waals surface area contributed by atoms with Gasteiger partial charge in [0.1, 0.15) is 26.2 Å². The number of rotatable bonds is 20. The SMILES string of the molecule is CCCCCCCCCCCCOCC[N+](CCO)(CCO)CCO. The van der Waals surface area contributed by atoms with E-state index in [2.05, 4.69) is 6.92 Å². The van der Waals surface area contributed by atoms with E-state index in [1.807, 2.05) is 0 Å². The lowest BCUT2D eigenvalue weighted by Gasteiger charge is -2.37. The van der Waals surface area contributed by atoms with Gasteiger partial charge in [0.25, 0.3) is 0 Å². The molecule has 3 N–H and O–H groups in total. The molecule has 0 fully saturated rings. The van der Waals surface area contributed by atoms with Crippen molar-refractivity contribution >= 4 is 0 Å². The fourth-order valence-electron chi connectivity index (χ4n) is 3.36. The molecule has 152 valence electrons. The lowest BCUT2D eigenvalue weighted by atomic mass is 10.1. The Morgan fingerprint density at radius 2 is 1.00 bits per heavy atom. The number of aliphatic hydroxyl groups is 3. The predicted octanol–water partition coefficient (Wildman–Crippen LogP) is 2.72. The van der Waals surface area contributed by atoms with Crippen molar-refractivity contribution in [2.75, 3.05) is 59.2 Å². The molecule has 0 saturated carbocycles. The van der Waals surface area contributed by atoms with Gasteiger partial charge in [-0.05, 0) is 6.42 Å². The number of hydrogen-bond acceptors (Lipinski definition) is 4. The molecule has 0 amide bonds. The summed E-state index contributed by atoms with van der Waals surface area (Å²) < 4.78 is 6.27. The predicted molar refractivity (Wildman–Crippen MR) is 104 cm³/mol. The maximum atomic E-state index is 9.24. The van der Waals surface area contributed by atoms with Gasteiger partial charge in [-0.15, -0.1) is 0 Å². The molecule has 0 aromatic heterocycles. The molecule has 0 bridgehead atoms. The van der Waals surface area contributed by atoms with Gasteiger partial charge in [-0.3, -0.25) is 0 Å². The van der Waals surface area contributed by atoms with Crippen molar-refractivity contribution in [1.82, 2.24) is 0 Å². The molecule has 0 spiro atoms. The van der Waals surface area contributed by atoms with Crippen LogP contribution in [0, 0.1) is 0 Å². The Morgan fingerprint density at radius 1 is 0.560 bits per heavy atom. The molecule has 0 unspecified atom stereocenters. The van der Waals surface area contributed by atoms with Crippen molar-refractivity contribution in [3.63, 3.8) is 0 Å². The van der Waals surface area contributed by atoms with Gasteiger partial charge < -0.3 is 24.5 Å². The molecule has 5 nitrogen and oxygen atoms in total. The van der Waals surface area contributed by atoms with Crippen molar-refractivity contribution in [2.24, 2.45) is 0 Å². The highest BCUT2D eigenvalue weighted by Crippen LogP contribution is 2.11. The Bertz CT molecular complexity index is 247. The standard InChI is InChI=1S/C20H44NO4/c1-2-3-4-5-6-7-8-9-10-11-19-25-20-15-21(12-16-22,13-17-23)14-18-24/h22-24H,2-20H2,1H3/q+1. The molecule has 0 rings (SSSR count). The molecular formula is C20H44NO4+. The molecule has 0 saturated heterocycles. The molecule has 25 heavy (non-hydrogen) atoms. The smallest absolute Gasteiger partial charge is 0.103 e. The van der Waals surface area contributed by atoms with E-state index in [0.717, 1.165) is 19.6 Å². The summed E-state index contributed by atoms with van der Waals surface area (Å²) in [7, 11) is 0. The van der Waals surface area contributed by atoms with Crippen LogP contribution in [0.4, 0.5) is 0 Å². The van der Waals surface area contributed by atoms with Gasteiger partial charge in [0.15, 0.2) is 0 Å². The summed E-state index contributed by atoms with van der Waals surface area (Å²) in [5.41, 5.74) is 0. The Morgan fingerprint density at radius 3 is 1.44 bits per heavy atom. The first kappa shape index (κ1) is 24.8. The first-order chi connectivity index (χ1) is 12.2. The average Bonchev–Trinajstić information content (AvgIpc) is 2.60. The van der Waals surface area contributed by atoms with E-state index in [4.69, 9.17) is 4.74 Å². The number of nitrogens with zero attached hydrogens (tertiary/aromatic N) is 1. The zero-order valence-electron chi connectivity index (χ0n) is 16.6. The van der Waals surface area contributed by atoms with Gasteiger partial charge in [-0.25, -0.2) is 0 Å². The summed E-state index contributed by atoms with van der Waals surface area (Å²) in [5, 5.41) is 27.7. The van der Waals surface area contributed by atoms with Crippen molar-refractivity contribution in [2.45, 2.75) is 71.1 Å². The van der Waals surface area contributed by atoms with Crippen LogP contribution in [0.3, 0.4) is 0 Å². The Balaban J connectivity index is 3.56. The highest BCUT2D eigenvalue weighted by atomic mass is 16.5. The van der Waals surface area contributed by atoms with Crippen LogP contribution in [0.25, 0.3) is 0 Å². The summed E-state index contributed by atoms with van der Waals surface area (Å²) in [6.45, 7) is 6.28. The lowest BCUT2D eigenvalue weighted by Crippen LogP contribution is -2.55. The Hall–Kier alpha value is -0.200. The minimum atomic E-state index is 0.0679. The van der Waals surface area contributed by atoms with Crippen LogP contribution in [0.5, 0.6) is 0 Å². The quantitative estimate of drug-likeness (QED) is 0.230. The minimum absolute atomic E-state index is 0.0679. The zero-order chi connectivity index (χ0) is 18.6. The maximum absolute atomic E-state index is 9.24. The third kappa shape index (κ3) is 14.6. The van der Waals surface area contributed by atoms with E-state index in [0.29, 0.717) is 30.7 Å². The van der Waals surface area contributed by atoms with Crippen LogP contribution in [-0.2, 0) is 4.74 Å². The Labute approximate surface area is 155 Å². The molecule has 0 aliphatic rings. The van der Waals surface area contributed by atoms with Gasteiger partial charge >= 0.3 is 0 Å². The summed E-state index contributed by atoms with van der Waals surface area (Å²) in [4.78, 5) is 0. The molecule has 5 heteroatoms. The highest BCUT2D eigenvalue weighted by Gasteiger charge is 2.25. The second kappa shape index (κ2) is 18.6. The first-order valence-electron chi connectivity index (χ1n) is 10.5. The van der Waals surface area contributed by atoms with E-state index >= 15 is 0 Å². The maximum Gasteiger partial charge on any atom is 0.103 e. The van der Waals surface area contributed by atoms with Crippen LogP contribution in [-0.4, -0.2) is 79.0 Å². The number of aliphatic hydroxyl groups excluding tert-OH is 3. The second-order valence-corrected chi connectivity index (χ2v) is 7.20. The highest BCUT2D eigenvalue weighted by molar-refractivity contribution is 4.48. The largest absolute Gasteiger partial charge is 0.391 e. The first-order valence-corrected chi connectivity index (χ1v) is 10.5. The molecule has 0 aliphatic carbocycles. The van der Waals surface area contributed by atoms with Crippen LogP contribution in [0.1, 0.15) is 71.1 Å². The zero-order valence-corrected chi connectivity index (χ0v) is 16.6. The summed E-state index contributed by atoms with van der Waals surface area (Å²) in [6, 6.07) is 0. The van der Waals surface area contributed by atoms with Gasteiger partial charge in [0, 0.05) is 6.61 Å². The summed E-state index contributed by atoms with van der Waals surface area (Å²) in [5.74, 6) is 0. The number of quaternary nitrogens is 1. The van der Waals surface area contributed by atoms with Gasteiger partial charge in [0.2, 0.25) is 0 Å². The molecule has 0 atom stereocenters. The normalized spacial score (nSPS) is 12.0. The third-order valence-electron chi connectivity index (χ3n) is 5.08. The molecule has 0 heterocycles. The van der Waals surface area contributed by atoms with E-state index in [9.17, 15) is 15.3 Å². The molecule has 0 aromatic carbocycles.